The maximum absolute atomic E-state index is 12.9. The molecule has 80 heavy (non-hydrogen) atoms. The zero-order valence-electron chi connectivity index (χ0n) is 48.4. The van der Waals surface area contributed by atoms with Crippen LogP contribution in [0.3, 0.4) is 0 Å². The van der Waals surface area contributed by atoms with Crippen LogP contribution in [0, 0.1) is 6.92 Å². The van der Waals surface area contributed by atoms with Gasteiger partial charge in [-0.2, -0.15) is 0 Å². The van der Waals surface area contributed by atoms with Crippen LogP contribution in [0.1, 0.15) is 175 Å². The summed E-state index contributed by atoms with van der Waals surface area (Å²) in [7, 11) is 6.05. The van der Waals surface area contributed by atoms with Gasteiger partial charge in [-0.15, -0.1) is 6.42 Å². The number of nitrogens with one attached hydrogen (secondary N) is 6. The second-order valence-electron chi connectivity index (χ2n) is 18.2. The Morgan fingerprint density at radius 2 is 0.662 bits per heavy atom. The Kier molecular flexibility index (Phi) is 56.6. The van der Waals surface area contributed by atoms with Crippen molar-refractivity contribution < 1.29 is 114 Å². The third kappa shape index (κ3) is 49.7. The van der Waals surface area contributed by atoms with E-state index in [1.807, 2.05) is 6.92 Å². The Hall–Kier alpha value is -5.37. The molecule has 0 bridgehead atoms. The van der Waals surface area contributed by atoms with Gasteiger partial charge in [0, 0.05) is 166 Å². The van der Waals surface area contributed by atoms with E-state index in [9.17, 15) is 71.9 Å². The van der Waals surface area contributed by atoms with Crippen LogP contribution in [0.2, 0.25) is 0 Å². The largest absolute Gasteiger partial charge is 0.668 e. The number of Topliss-reactive ketones (excluding diaryl/α,β-unsaturated/α-hetero) is 6. The number of ketones is 6. The minimum Gasteiger partial charge on any atom is -0.668 e. The van der Waals surface area contributed by atoms with Crippen molar-refractivity contribution in [3.8, 4) is 0 Å². The van der Waals surface area contributed by atoms with Gasteiger partial charge in [0.15, 0.2) is 23.3 Å². The number of amides is 9. The summed E-state index contributed by atoms with van der Waals surface area (Å²) in [6, 6.07) is 0. The van der Waals surface area contributed by atoms with Gasteiger partial charge in [-0.05, 0) is 44.9 Å². The van der Waals surface area contributed by atoms with Crippen molar-refractivity contribution in [3.63, 3.8) is 0 Å². The van der Waals surface area contributed by atoms with E-state index in [2.05, 4.69) is 33.5 Å². The van der Waals surface area contributed by atoms with Crippen LogP contribution in [0.15, 0.2) is 0 Å². The monoisotopic (exact) mass is 1470 g/mol. The molecule has 0 unspecified atom stereocenters. The Labute approximate surface area is 502 Å². The van der Waals surface area contributed by atoms with E-state index in [1.54, 1.807) is 27.9 Å². The van der Waals surface area contributed by atoms with Gasteiger partial charge in [-0.25, -0.2) is 0 Å². The van der Waals surface area contributed by atoms with Gasteiger partial charge in [0.05, 0.1) is 39.3 Å². The van der Waals surface area contributed by atoms with Crippen molar-refractivity contribution in [2.45, 2.75) is 175 Å². The minimum absolute atomic E-state index is 0. The van der Waals surface area contributed by atoms with Crippen molar-refractivity contribution in [2.24, 2.45) is 0 Å². The van der Waals surface area contributed by atoms with Crippen LogP contribution in [-0.4, -0.2) is 177 Å². The number of likely N-dealkylation sites (N-methyl/N-ethyl adjacent to an activating group) is 2. The Morgan fingerprint density at radius 1 is 0.338 bits per heavy atom. The fraction of sp³-hybridized carbons (Fsp3) is 0.704. The Bertz CT molecular complexity index is 1880. The first-order valence-electron chi connectivity index (χ1n) is 27.0. The molecule has 0 aromatic heterocycles. The van der Waals surface area contributed by atoms with Gasteiger partial charge in [0.2, 0.25) is 41.4 Å². The van der Waals surface area contributed by atoms with E-state index in [0.29, 0.717) is 70.8 Å². The second-order valence-corrected chi connectivity index (χ2v) is 18.2. The maximum atomic E-state index is 12.9. The first-order chi connectivity index (χ1) is 37.0. The molecule has 0 rings (SSSR count). The maximum Gasteiger partial charge on any atom is 0.239 e. The zero-order valence-corrected chi connectivity index (χ0v) is 54.3. The quantitative estimate of drug-likeness (QED) is 0.0433. The summed E-state index contributed by atoms with van der Waals surface area (Å²) in [5.41, 5.74) is 6.70. The van der Waals surface area contributed by atoms with Crippen LogP contribution in [-0.2, 0) is 114 Å². The van der Waals surface area contributed by atoms with Crippen molar-refractivity contribution in [3.05, 3.63) is 12.7 Å². The van der Waals surface area contributed by atoms with Gasteiger partial charge in [-0.3, -0.25) is 67.1 Å². The first-order valence-corrected chi connectivity index (χ1v) is 27.0. The molecule has 26 heteroatoms. The number of carbonyl (C=O) groups excluding carboxylic acids is 15. The van der Waals surface area contributed by atoms with Crippen LogP contribution >= 0.6 is 0 Å². The summed E-state index contributed by atoms with van der Waals surface area (Å²) in [4.78, 5) is 178. The molecule has 0 aliphatic carbocycles. The van der Waals surface area contributed by atoms with Crippen molar-refractivity contribution in [1.29, 1.82) is 0 Å². The van der Waals surface area contributed by atoms with E-state index in [-0.39, 0.29) is 210 Å². The molecule has 0 aliphatic rings. The average molecular weight is 1470 g/mol. The first kappa shape index (κ1) is 83.4. The van der Waals surface area contributed by atoms with E-state index in [0.717, 1.165) is 30.6 Å². The molecule has 0 heterocycles. The molecule has 0 aliphatic heterocycles. The van der Waals surface area contributed by atoms with Crippen molar-refractivity contribution in [2.75, 3.05) is 74.0 Å². The summed E-state index contributed by atoms with van der Waals surface area (Å²) in [6.45, 7) is 8.11. The van der Waals surface area contributed by atoms with E-state index < -0.39 is 23.6 Å². The minimum atomic E-state index is -0.825. The molecule has 24 nitrogen and oxygen atoms in total. The van der Waals surface area contributed by atoms with E-state index in [1.165, 1.54) is 23.9 Å². The summed E-state index contributed by atoms with van der Waals surface area (Å²) in [5.74, 6) is -3.72. The fourth-order valence-corrected chi connectivity index (χ4v) is 6.69. The second kappa shape index (κ2) is 54.2. The molecule has 0 fully saturated rings. The number of hydrogen-bond donors (Lipinski definition) is 5. The molecule has 0 spiro atoms. The normalized spacial score (nSPS) is 9.90. The molecule has 0 saturated heterocycles. The van der Waals surface area contributed by atoms with Crippen LogP contribution in [0.5, 0.6) is 0 Å². The zero-order chi connectivity index (χ0) is 59.8. The molecule has 456 valence electrons. The third-order valence-electron chi connectivity index (χ3n) is 11.7. The van der Waals surface area contributed by atoms with E-state index >= 15 is 0 Å². The summed E-state index contributed by atoms with van der Waals surface area (Å²) >= 11 is 0. The smallest absolute Gasteiger partial charge is 0.239 e. The van der Waals surface area contributed by atoms with Crippen LogP contribution in [0.4, 0.5) is 0 Å². The molecule has 6 N–H and O–H groups in total. The van der Waals surface area contributed by atoms with Crippen molar-refractivity contribution >= 4 is 87.9 Å². The number of nitrogens with zero attached hydrogens (tertiary/aromatic N) is 3. The summed E-state index contributed by atoms with van der Waals surface area (Å²) in [5, 5.41) is 12.6. The van der Waals surface area contributed by atoms with Crippen LogP contribution in [0.25, 0.3) is 5.73 Å². The summed E-state index contributed by atoms with van der Waals surface area (Å²) < 4.78 is 0. The van der Waals surface area contributed by atoms with Gasteiger partial charge >= 0.3 is 0 Å². The molecule has 9 amide bonds. The molecule has 0 atom stereocenters. The molecular weight excluding hydrogens is 1380 g/mol. The summed E-state index contributed by atoms with van der Waals surface area (Å²) in [6.07, 6.45) is 9.02. The number of rotatable bonds is 43. The predicted octanol–water partition coefficient (Wildman–Crippen LogP) is 2.79. The molecule has 0 aromatic rings. The van der Waals surface area contributed by atoms with Gasteiger partial charge < -0.3 is 58.7 Å². The fourth-order valence-electron chi connectivity index (χ4n) is 6.69. The number of hydrogen-bond acceptors (Lipinski definition) is 15. The molecule has 0 saturated carbocycles. The van der Waals surface area contributed by atoms with Crippen molar-refractivity contribution in [1.82, 2.24) is 41.3 Å². The standard InChI is InChI=1S/C30H52N4O7.C14H23N3O5.C10H17N2O3.2W/c1-4-24(35)14-8-5-6-9-16-26(37)22-34(23-29(40)33-21-13-7-10-17-27(38)31-2)30(41)20-19-25(36)15-11-12-18-28(39)32-3;1-3-10(18)8-17(9-13(21)16-2)14(22)7-5-11(19)4-6-12(15)20;1-4-8(13)6-12(10(15)5-2)7-9(14)11-3;;/h4-23H2,1-3H3,(H,31,38)(H,32,39)(H,33,40);3-9H2,1-2H3,(H3,15,16,20,21);2,4-7H2,1,3H3,(H,11,14);;/q;;-1;;/p-1. The molecule has 0 radical (unpaired) electrons. The van der Waals surface area contributed by atoms with Gasteiger partial charge in [0.1, 0.15) is 17.3 Å². The molecule has 0 aromatic carbocycles. The van der Waals surface area contributed by atoms with Gasteiger partial charge in [-0.1, -0.05) is 40.0 Å². The van der Waals surface area contributed by atoms with Gasteiger partial charge in [0.25, 0.3) is 0 Å². The van der Waals surface area contributed by atoms with E-state index in [4.69, 9.17) is 5.73 Å². The SMILES string of the molecule is CCC(=O)CCCCCCC(=O)CN(CC(=O)NCCCCCC(=O)NC)C(=O)CCC(=O)CCCCC(=O)NC.CCC(=O)CN(CC(=O)NC)C(=O)CCC(=O)CCC([NH-])=O.[CH2-]CC(=O)N(CC(=O)CC)CC(=O)NC.[W].[W]. The predicted molar refractivity (Wildman–Crippen MR) is 292 cm³/mol. The molecular formula is C54H91N9O15W2-2. The Balaban J connectivity index is -0.000000401. The average Bonchev–Trinajstić information content (AvgIpc) is 3.42. The number of carbonyl (C=O) groups is 15. The number of unbranched alkanes of at least 4 members (excludes halogenated alkanes) is 6. The topological polar surface area (TPSA) is 350 Å². The third-order valence-corrected chi connectivity index (χ3v) is 11.7. The Morgan fingerprint density at radius 3 is 1.07 bits per heavy atom. The van der Waals surface area contributed by atoms with Crippen LogP contribution < -0.4 is 26.6 Å².